The number of ether oxygens (including phenoxy) is 3. The van der Waals surface area contributed by atoms with Crippen LogP contribution in [-0.4, -0.2) is 167 Å². The second kappa shape index (κ2) is 21.9. The maximum atomic E-state index is 13.8. The van der Waals surface area contributed by atoms with Gasteiger partial charge in [0.25, 0.3) is 0 Å². The van der Waals surface area contributed by atoms with Crippen molar-refractivity contribution in [2.45, 2.75) is 82.9 Å². The predicted molar refractivity (Wildman–Crippen MR) is 226 cm³/mol. The molecule has 2 aromatic rings. The summed E-state index contributed by atoms with van der Waals surface area (Å²) < 4.78 is 44.2. The summed E-state index contributed by atoms with van der Waals surface area (Å²) in [6.07, 6.45) is 2.41. The van der Waals surface area contributed by atoms with Crippen molar-refractivity contribution in [3.05, 3.63) is 34.5 Å². The van der Waals surface area contributed by atoms with Crippen LogP contribution in [0.5, 0.6) is 5.75 Å². The van der Waals surface area contributed by atoms with E-state index in [1.54, 1.807) is 40.0 Å². The first kappa shape index (κ1) is 46.7. The lowest BCUT2D eigenvalue weighted by Gasteiger charge is -2.34. The summed E-state index contributed by atoms with van der Waals surface area (Å²) in [5.41, 5.74) is 3.40. The highest BCUT2D eigenvalue weighted by Crippen LogP contribution is 2.35. The first-order chi connectivity index (χ1) is 27.5. The molecule has 2 saturated heterocycles. The molecule has 324 valence electrons. The van der Waals surface area contributed by atoms with Crippen molar-refractivity contribution in [3.8, 4) is 5.75 Å². The molecule has 5 N–H and O–H groups in total. The maximum absolute atomic E-state index is 13.8. The van der Waals surface area contributed by atoms with Gasteiger partial charge >= 0.3 is 0 Å². The Hall–Kier alpha value is -3.94. The Kier molecular flexibility index (Phi) is 17.6. The third kappa shape index (κ3) is 13.3. The van der Waals surface area contributed by atoms with Crippen molar-refractivity contribution >= 4 is 39.1 Å². The average molecular weight is 831 g/mol. The van der Waals surface area contributed by atoms with Crippen LogP contribution in [0.3, 0.4) is 0 Å². The van der Waals surface area contributed by atoms with Crippen LogP contribution < -0.4 is 20.7 Å². The molecule has 3 heterocycles. The number of aromatic amines is 1. The maximum Gasteiger partial charge on any atom is 0.243 e. The van der Waals surface area contributed by atoms with E-state index in [2.05, 4.69) is 40.9 Å². The molecule has 2 amide bonds. The number of benzene rings is 1. The van der Waals surface area contributed by atoms with Crippen LogP contribution in [-0.2, 0) is 28.9 Å². The molecule has 1 aromatic heterocycles. The Balaban J connectivity index is 1.10. The van der Waals surface area contributed by atoms with Crippen LogP contribution in [0.15, 0.2) is 22.0 Å². The number of likely N-dealkylation sites (N-methyl/N-ethyl adjacent to an activating group) is 1. The van der Waals surface area contributed by atoms with Crippen LogP contribution in [0.4, 0.5) is 5.82 Å². The van der Waals surface area contributed by atoms with Crippen molar-refractivity contribution < 1.29 is 32.2 Å². The minimum Gasteiger partial charge on any atom is -0.492 e. The van der Waals surface area contributed by atoms with E-state index in [4.69, 9.17) is 19.6 Å². The number of nitrogens with one attached hydrogen (secondary N) is 5. The number of piperidine rings is 1. The number of imide groups is 1. The SMILES string of the molecule is C/N=C(/Nc1n[nH]c(C)c1C)c1cc(S(=O)(=O)C(C)(C)C)c(OCCCN2CCN(CCOCCOCC(=N)NCCCN(C)C3CCC(=O)NC3=O)CC2)cc1C. The van der Waals surface area contributed by atoms with Gasteiger partial charge in [-0.05, 0) is 85.5 Å². The number of anilines is 1. The Morgan fingerprint density at radius 2 is 1.71 bits per heavy atom. The van der Waals surface area contributed by atoms with Gasteiger partial charge in [-0.25, -0.2) is 8.42 Å². The molecule has 2 fully saturated rings. The van der Waals surface area contributed by atoms with E-state index < -0.39 is 14.6 Å². The number of nitrogens with zero attached hydrogens (tertiary/aromatic N) is 5. The molecule has 17 nitrogen and oxygen atoms in total. The molecule has 1 unspecified atom stereocenters. The number of H-pyrrole nitrogens is 1. The molecule has 58 heavy (non-hydrogen) atoms. The molecular formula is C40H66N10O7S. The zero-order valence-electron chi connectivity index (χ0n) is 35.8. The molecule has 2 aliphatic rings. The van der Waals surface area contributed by atoms with E-state index in [9.17, 15) is 18.0 Å². The summed E-state index contributed by atoms with van der Waals surface area (Å²) in [5, 5.41) is 24.1. The average Bonchev–Trinajstić information content (AvgIpc) is 3.49. The van der Waals surface area contributed by atoms with Crippen molar-refractivity contribution in [1.29, 1.82) is 5.41 Å². The lowest BCUT2D eigenvalue weighted by molar-refractivity contribution is -0.137. The van der Waals surface area contributed by atoms with Crippen LogP contribution >= 0.6 is 0 Å². The van der Waals surface area contributed by atoms with Gasteiger partial charge in [0.05, 0.1) is 37.2 Å². The smallest absolute Gasteiger partial charge is 0.243 e. The fraction of sp³-hybridized carbons (Fsp3) is 0.675. The molecule has 4 rings (SSSR count). The highest BCUT2D eigenvalue weighted by Gasteiger charge is 2.35. The third-order valence-electron chi connectivity index (χ3n) is 10.6. The second-order valence-electron chi connectivity index (χ2n) is 16.0. The van der Waals surface area contributed by atoms with Gasteiger partial charge < -0.3 is 29.7 Å². The van der Waals surface area contributed by atoms with E-state index in [0.717, 1.165) is 68.9 Å². The first-order valence-electron chi connectivity index (χ1n) is 20.2. The van der Waals surface area contributed by atoms with Gasteiger partial charge in [0.2, 0.25) is 11.8 Å². The Morgan fingerprint density at radius 3 is 2.34 bits per heavy atom. The van der Waals surface area contributed by atoms with Crippen LogP contribution in [0.1, 0.15) is 68.8 Å². The summed E-state index contributed by atoms with van der Waals surface area (Å²) in [6.45, 7) is 19.7. The summed E-state index contributed by atoms with van der Waals surface area (Å²) in [7, 11) is -0.206. The standard InChI is InChI=1S/C40H66N10O7S/c1-28-25-33(34(58(53,54)40(4,5)6)26-31(28)38(42-7)45-37-29(2)30(3)46-47-37)57-21-10-15-49-16-18-50(19-17-49)20-22-55-23-24-56-27-35(41)43-13-9-14-48(8)32-11-12-36(51)44-39(32)52/h25-26,32H,9-24,27H2,1-8H3,(H2,41,43)(H,44,51,52)(H2,42,45,46,47). The fourth-order valence-corrected chi connectivity index (χ4v) is 8.02. The van der Waals surface area contributed by atoms with Crippen molar-refractivity contribution in [2.24, 2.45) is 4.99 Å². The van der Waals surface area contributed by atoms with Gasteiger partial charge in [0.15, 0.2) is 15.7 Å². The molecule has 0 spiro atoms. The van der Waals surface area contributed by atoms with Crippen molar-refractivity contribution in [3.63, 3.8) is 0 Å². The Bertz CT molecular complexity index is 1830. The second-order valence-corrected chi connectivity index (χ2v) is 18.7. The minimum absolute atomic E-state index is 0.151. The van der Waals surface area contributed by atoms with Crippen molar-refractivity contribution in [2.75, 3.05) is 105 Å². The number of hydrogen-bond acceptors (Lipinski definition) is 13. The monoisotopic (exact) mass is 830 g/mol. The number of sulfone groups is 1. The number of carbonyl (C=O) groups is 2. The van der Waals surface area contributed by atoms with E-state index in [1.165, 1.54) is 0 Å². The number of rotatable bonds is 21. The number of carbonyl (C=O) groups excluding carboxylic acids is 2. The van der Waals surface area contributed by atoms with E-state index >= 15 is 0 Å². The minimum atomic E-state index is -3.75. The summed E-state index contributed by atoms with van der Waals surface area (Å²) in [6, 6.07) is 3.19. The molecule has 0 bridgehead atoms. The number of hydrogen-bond donors (Lipinski definition) is 5. The first-order valence-corrected chi connectivity index (χ1v) is 21.7. The van der Waals surface area contributed by atoms with E-state index in [-0.39, 0.29) is 29.4 Å². The van der Waals surface area contributed by atoms with Gasteiger partial charge in [-0.3, -0.25) is 40.2 Å². The number of aromatic nitrogens is 2. The lowest BCUT2D eigenvalue weighted by Crippen LogP contribution is -2.51. The Labute approximate surface area is 344 Å². The summed E-state index contributed by atoms with van der Waals surface area (Å²) >= 11 is 0. The van der Waals surface area contributed by atoms with Crippen LogP contribution in [0.2, 0.25) is 0 Å². The molecule has 0 aliphatic carbocycles. The number of piperazine rings is 1. The predicted octanol–water partition coefficient (Wildman–Crippen LogP) is 2.51. The summed E-state index contributed by atoms with van der Waals surface area (Å²) in [4.78, 5) is 34.7. The van der Waals surface area contributed by atoms with Gasteiger partial charge in [0, 0.05) is 82.6 Å². The van der Waals surface area contributed by atoms with Gasteiger partial charge in [-0.15, -0.1) is 0 Å². The molecule has 0 saturated carbocycles. The number of aliphatic imine (C=N–C) groups is 1. The number of amidine groups is 2. The third-order valence-corrected chi connectivity index (χ3v) is 13.1. The topological polar surface area (TPSA) is 207 Å². The molecule has 0 radical (unpaired) electrons. The molecule has 18 heteroatoms. The summed E-state index contributed by atoms with van der Waals surface area (Å²) in [5.74, 6) is 1.37. The van der Waals surface area contributed by atoms with E-state index in [1.807, 2.05) is 32.7 Å². The van der Waals surface area contributed by atoms with Crippen molar-refractivity contribution in [1.82, 2.24) is 35.5 Å². The highest BCUT2D eigenvalue weighted by molar-refractivity contribution is 7.92. The zero-order valence-corrected chi connectivity index (χ0v) is 36.6. The van der Waals surface area contributed by atoms with Gasteiger partial charge in [0.1, 0.15) is 28.9 Å². The quantitative estimate of drug-likeness (QED) is 0.0532. The molecular weight excluding hydrogens is 765 g/mol. The van der Waals surface area contributed by atoms with Gasteiger partial charge in [-0.2, -0.15) is 5.10 Å². The fourth-order valence-electron chi connectivity index (χ4n) is 6.70. The van der Waals surface area contributed by atoms with Gasteiger partial charge in [-0.1, -0.05) is 0 Å². The lowest BCUT2D eigenvalue weighted by atomic mass is 10.0. The Morgan fingerprint density at radius 1 is 1.02 bits per heavy atom. The molecule has 2 aliphatic heterocycles. The van der Waals surface area contributed by atoms with E-state index in [0.29, 0.717) is 81.2 Å². The largest absolute Gasteiger partial charge is 0.492 e. The molecule has 1 atom stereocenters. The van der Waals surface area contributed by atoms with Crippen LogP contribution in [0, 0.1) is 26.2 Å². The molecule has 1 aromatic carbocycles. The highest BCUT2D eigenvalue weighted by atomic mass is 32.2. The zero-order chi connectivity index (χ0) is 42.5. The number of amides is 2. The van der Waals surface area contributed by atoms with Crippen LogP contribution in [0.25, 0.3) is 0 Å². The number of aryl methyl sites for hydroxylation is 2. The normalized spacial score (nSPS) is 17.5.